The van der Waals surface area contributed by atoms with Crippen LogP contribution in [0.25, 0.3) is 0 Å². The average Bonchev–Trinajstić information content (AvgIpc) is 2.56. The summed E-state index contributed by atoms with van der Waals surface area (Å²) in [5, 5.41) is 10.0. The lowest BCUT2D eigenvalue weighted by Crippen LogP contribution is -2.22. The van der Waals surface area contributed by atoms with E-state index in [1.807, 2.05) is 13.0 Å². The van der Waals surface area contributed by atoms with Crippen LogP contribution < -0.4 is 0 Å². The number of unbranched alkanes of at least 4 members (excludes halogenated alkanes) is 1. The van der Waals surface area contributed by atoms with Crippen molar-refractivity contribution in [2.45, 2.75) is 77.6 Å². The van der Waals surface area contributed by atoms with Crippen LogP contribution >= 0.6 is 0 Å². The highest BCUT2D eigenvalue weighted by molar-refractivity contribution is 5.07. The molecule has 1 rings (SSSR count). The molecule has 2 atom stereocenters. The van der Waals surface area contributed by atoms with Gasteiger partial charge in [-0.25, -0.2) is 0 Å². The van der Waals surface area contributed by atoms with Crippen LogP contribution in [0.1, 0.15) is 65.2 Å². The minimum atomic E-state index is -0.314. The highest BCUT2D eigenvalue weighted by atomic mass is 16.7. The first-order valence-corrected chi connectivity index (χ1v) is 8.98. The Balaban J connectivity index is 2.17. The topological polar surface area (TPSA) is 38.7 Å². The van der Waals surface area contributed by atoms with Crippen molar-refractivity contribution in [2.75, 3.05) is 13.2 Å². The van der Waals surface area contributed by atoms with Gasteiger partial charge in [0.1, 0.15) is 0 Å². The summed E-state index contributed by atoms with van der Waals surface area (Å²) in [5.74, 6) is 0. The number of rotatable bonds is 11. The molecule has 132 valence electrons. The number of aliphatic hydroxyl groups is 1. The molecular formula is C20H34O3. The first-order valence-electron chi connectivity index (χ1n) is 8.98. The Morgan fingerprint density at radius 3 is 2.83 bits per heavy atom. The maximum absolute atomic E-state index is 10.0. The molecular weight excluding hydrogens is 288 g/mol. The number of hydrogen-bond donors (Lipinski definition) is 1. The largest absolute Gasteiger partial charge is 0.389 e. The zero-order valence-electron chi connectivity index (χ0n) is 14.9. The molecule has 0 spiro atoms. The third kappa shape index (κ3) is 9.75. The summed E-state index contributed by atoms with van der Waals surface area (Å²) in [4.78, 5) is 0. The number of hydrogen-bond acceptors (Lipinski definition) is 3. The molecule has 1 N–H and O–H groups in total. The number of ether oxygens (including phenoxy) is 2. The molecule has 0 aromatic rings. The van der Waals surface area contributed by atoms with Gasteiger partial charge in [0, 0.05) is 6.61 Å². The van der Waals surface area contributed by atoms with Crippen LogP contribution in [0.15, 0.2) is 36.0 Å². The fraction of sp³-hybridized carbons (Fsp3) is 0.700. The molecule has 2 unspecified atom stereocenters. The van der Waals surface area contributed by atoms with Gasteiger partial charge in [0.25, 0.3) is 0 Å². The van der Waals surface area contributed by atoms with Gasteiger partial charge in [-0.15, -0.1) is 6.58 Å². The third-order valence-electron chi connectivity index (χ3n) is 4.27. The van der Waals surface area contributed by atoms with E-state index in [2.05, 4.69) is 25.7 Å². The summed E-state index contributed by atoms with van der Waals surface area (Å²) < 4.78 is 11.3. The normalized spacial score (nSPS) is 21.3. The Morgan fingerprint density at radius 1 is 1.30 bits per heavy atom. The molecule has 3 nitrogen and oxygen atoms in total. The van der Waals surface area contributed by atoms with E-state index in [1.165, 1.54) is 12.0 Å². The van der Waals surface area contributed by atoms with E-state index in [-0.39, 0.29) is 12.4 Å². The summed E-state index contributed by atoms with van der Waals surface area (Å²) in [6.45, 7) is 9.31. The van der Waals surface area contributed by atoms with Crippen LogP contribution in [-0.4, -0.2) is 30.7 Å². The Hall–Kier alpha value is -0.900. The van der Waals surface area contributed by atoms with Gasteiger partial charge in [-0.3, -0.25) is 0 Å². The zero-order valence-corrected chi connectivity index (χ0v) is 14.9. The van der Waals surface area contributed by atoms with Crippen molar-refractivity contribution in [3.05, 3.63) is 36.0 Å². The molecule has 1 aliphatic rings. The molecule has 3 heteroatoms. The molecule has 0 radical (unpaired) electrons. The minimum absolute atomic E-state index is 0.0133. The molecule has 1 aliphatic heterocycles. The highest BCUT2D eigenvalue weighted by Gasteiger charge is 2.12. The summed E-state index contributed by atoms with van der Waals surface area (Å²) in [6, 6.07) is 0. The van der Waals surface area contributed by atoms with Gasteiger partial charge < -0.3 is 14.6 Å². The van der Waals surface area contributed by atoms with E-state index >= 15 is 0 Å². The summed E-state index contributed by atoms with van der Waals surface area (Å²) in [5.41, 5.74) is 2.40. The van der Waals surface area contributed by atoms with Crippen LogP contribution in [0.2, 0.25) is 0 Å². The van der Waals surface area contributed by atoms with E-state index in [9.17, 15) is 5.11 Å². The fourth-order valence-electron chi connectivity index (χ4n) is 2.59. The van der Waals surface area contributed by atoms with Gasteiger partial charge in [0.2, 0.25) is 0 Å². The van der Waals surface area contributed by atoms with Crippen molar-refractivity contribution in [2.24, 2.45) is 0 Å². The zero-order chi connectivity index (χ0) is 16.9. The smallest absolute Gasteiger partial charge is 0.157 e. The third-order valence-corrected chi connectivity index (χ3v) is 4.27. The van der Waals surface area contributed by atoms with Crippen LogP contribution in [0, 0.1) is 0 Å². The maximum atomic E-state index is 10.0. The van der Waals surface area contributed by atoms with Gasteiger partial charge in [0.15, 0.2) is 6.29 Å². The molecule has 1 fully saturated rings. The lowest BCUT2D eigenvalue weighted by atomic mass is 10.0. The van der Waals surface area contributed by atoms with Gasteiger partial charge in [-0.2, -0.15) is 0 Å². The van der Waals surface area contributed by atoms with Crippen molar-refractivity contribution in [1.29, 1.82) is 0 Å². The summed E-state index contributed by atoms with van der Waals surface area (Å²) >= 11 is 0. The maximum Gasteiger partial charge on any atom is 0.157 e. The van der Waals surface area contributed by atoms with E-state index in [1.54, 1.807) is 0 Å². The van der Waals surface area contributed by atoms with Crippen LogP contribution in [0.4, 0.5) is 0 Å². The molecule has 1 saturated heterocycles. The molecule has 0 bridgehead atoms. The molecule has 0 amide bonds. The second kappa shape index (κ2) is 12.5. The number of allylic oxidation sites excluding steroid dienone is 3. The van der Waals surface area contributed by atoms with Crippen LogP contribution in [0.5, 0.6) is 0 Å². The Morgan fingerprint density at radius 2 is 2.13 bits per heavy atom. The van der Waals surface area contributed by atoms with Crippen molar-refractivity contribution >= 4 is 0 Å². The molecule has 0 aromatic heterocycles. The monoisotopic (exact) mass is 322 g/mol. The van der Waals surface area contributed by atoms with E-state index in [0.717, 1.165) is 57.1 Å². The van der Waals surface area contributed by atoms with Crippen molar-refractivity contribution in [3.8, 4) is 0 Å². The van der Waals surface area contributed by atoms with E-state index < -0.39 is 0 Å². The Labute approximate surface area is 142 Å². The quantitative estimate of drug-likeness (QED) is 0.433. The van der Waals surface area contributed by atoms with E-state index in [0.29, 0.717) is 6.61 Å². The fourth-order valence-corrected chi connectivity index (χ4v) is 2.59. The first-order chi connectivity index (χ1) is 11.1. The SMILES string of the molecule is C=CCCCC(O)/C(C)=C/CC/C(C)=C/COC1CCCCO1. The highest BCUT2D eigenvalue weighted by Crippen LogP contribution is 2.15. The lowest BCUT2D eigenvalue weighted by Gasteiger charge is -2.22. The van der Waals surface area contributed by atoms with Crippen LogP contribution in [0.3, 0.4) is 0 Å². The average molecular weight is 322 g/mol. The standard InChI is InChI=1S/C20H34O3/c1-4-5-6-12-19(21)18(3)11-9-10-17(2)14-16-23-20-13-7-8-15-22-20/h4,11,14,19-21H,1,5-10,12-13,15-16H2,2-3H3/b17-14+,18-11+. The Bertz CT molecular complexity index is 378. The van der Waals surface area contributed by atoms with Crippen molar-refractivity contribution < 1.29 is 14.6 Å². The second-order valence-corrected chi connectivity index (χ2v) is 6.40. The Kier molecular flexibility index (Phi) is 11.0. The van der Waals surface area contributed by atoms with Gasteiger partial charge >= 0.3 is 0 Å². The predicted molar refractivity (Wildman–Crippen MR) is 96.3 cm³/mol. The van der Waals surface area contributed by atoms with Crippen molar-refractivity contribution in [3.63, 3.8) is 0 Å². The molecule has 1 heterocycles. The number of aliphatic hydroxyl groups excluding tert-OH is 1. The minimum Gasteiger partial charge on any atom is -0.389 e. The molecule has 0 aromatic carbocycles. The first kappa shape index (κ1) is 20.1. The predicted octanol–water partition coefficient (Wildman–Crippen LogP) is 4.92. The van der Waals surface area contributed by atoms with Gasteiger partial charge in [0.05, 0.1) is 12.7 Å². The second-order valence-electron chi connectivity index (χ2n) is 6.40. The summed E-state index contributed by atoms with van der Waals surface area (Å²) in [7, 11) is 0. The van der Waals surface area contributed by atoms with Crippen molar-refractivity contribution in [1.82, 2.24) is 0 Å². The lowest BCUT2D eigenvalue weighted by molar-refractivity contribution is -0.155. The van der Waals surface area contributed by atoms with Gasteiger partial charge in [-0.1, -0.05) is 23.8 Å². The van der Waals surface area contributed by atoms with E-state index in [4.69, 9.17) is 9.47 Å². The molecule has 0 aliphatic carbocycles. The van der Waals surface area contributed by atoms with Crippen LogP contribution in [-0.2, 0) is 9.47 Å². The summed E-state index contributed by atoms with van der Waals surface area (Å²) in [6.07, 6.45) is 14.0. The molecule has 23 heavy (non-hydrogen) atoms. The molecule has 0 saturated carbocycles. The van der Waals surface area contributed by atoms with Gasteiger partial charge in [-0.05, 0) is 70.8 Å².